The standard InChI is InChI=1S/C23H23N3O/c1-2-25(17-18-8-4-3-5-9-18)23(27)20-14-21(16-24-15-20)26-13-12-19-10-6-7-11-22(19)26/h3-11,14-16H,2,12-13,17H2,1H3. The van der Waals surface area contributed by atoms with Crippen LogP contribution in [0.5, 0.6) is 0 Å². The second kappa shape index (κ2) is 7.62. The summed E-state index contributed by atoms with van der Waals surface area (Å²) in [5.74, 6) is 0.0168. The first-order valence-electron chi connectivity index (χ1n) is 9.40. The number of pyridine rings is 1. The molecule has 0 bridgehead atoms. The molecule has 0 radical (unpaired) electrons. The van der Waals surface area contributed by atoms with Gasteiger partial charge in [0.05, 0.1) is 17.4 Å². The van der Waals surface area contributed by atoms with E-state index in [1.165, 1.54) is 11.3 Å². The van der Waals surface area contributed by atoms with Crippen molar-refractivity contribution < 1.29 is 4.79 Å². The highest BCUT2D eigenvalue weighted by Crippen LogP contribution is 2.34. The first-order chi connectivity index (χ1) is 13.3. The van der Waals surface area contributed by atoms with Gasteiger partial charge in [0.25, 0.3) is 5.91 Å². The van der Waals surface area contributed by atoms with E-state index in [2.05, 4.69) is 34.1 Å². The van der Waals surface area contributed by atoms with E-state index in [-0.39, 0.29) is 5.91 Å². The van der Waals surface area contributed by atoms with Crippen molar-refractivity contribution in [3.8, 4) is 0 Å². The normalized spacial score (nSPS) is 12.7. The third-order valence-electron chi connectivity index (χ3n) is 5.05. The van der Waals surface area contributed by atoms with Gasteiger partial charge in [-0.3, -0.25) is 9.78 Å². The quantitative estimate of drug-likeness (QED) is 0.677. The minimum atomic E-state index is 0.0168. The summed E-state index contributed by atoms with van der Waals surface area (Å²) in [5, 5.41) is 0. The van der Waals surface area contributed by atoms with Crippen LogP contribution in [0, 0.1) is 0 Å². The van der Waals surface area contributed by atoms with Crippen molar-refractivity contribution >= 4 is 17.3 Å². The molecule has 4 nitrogen and oxygen atoms in total. The van der Waals surface area contributed by atoms with Gasteiger partial charge in [0, 0.05) is 31.5 Å². The first kappa shape index (κ1) is 17.3. The Hall–Kier alpha value is -3.14. The third kappa shape index (κ3) is 3.56. The highest BCUT2D eigenvalue weighted by atomic mass is 16.2. The van der Waals surface area contributed by atoms with Gasteiger partial charge in [-0.1, -0.05) is 48.5 Å². The molecule has 136 valence electrons. The number of amides is 1. The molecule has 4 heteroatoms. The van der Waals surface area contributed by atoms with E-state index in [4.69, 9.17) is 0 Å². The average molecular weight is 357 g/mol. The summed E-state index contributed by atoms with van der Waals surface area (Å²) in [6.45, 7) is 4.19. The van der Waals surface area contributed by atoms with Crippen LogP contribution in [0.25, 0.3) is 0 Å². The van der Waals surface area contributed by atoms with Gasteiger partial charge in [-0.05, 0) is 36.6 Å². The minimum absolute atomic E-state index is 0.0168. The highest BCUT2D eigenvalue weighted by molar-refractivity contribution is 5.95. The van der Waals surface area contributed by atoms with E-state index < -0.39 is 0 Å². The Balaban J connectivity index is 1.58. The van der Waals surface area contributed by atoms with Gasteiger partial charge >= 0.3 is 0 Å². The summed E-state index contributed by atoms with van der Waals surface area (Å²) >= 11 is 0. The largest absolute Gasteiger partial charge is 0.340 e. The lowest BCUT2D eigenvalue weighted by Gasteiger charge is -2.23. The van der Waals surface area contributed by atoms with Gasteiger partial charge in [-0.25, -0.2) is 0 Å². The van der Waals surface area contributed by atoms with E-state index in [0.29, 0.717) is 18.7 Å². The molecule has 2 heterocycles. The molecular formula is C23H23N3O. The first-order valence-corrected chi connectivity index (χ1v) is 9.40. The van der Waals surface area contributed by atoms with Crippen LogP contribution in [0.3, 0.4) is 0 Å². The van der Waals surface area contributed by atoms with Crippen molar-refractivity contribution in [2.24, 2.45) is 0 Å². The van der Waals surface area contributed by atoms with E-state index in [1.54, 1.807) is 6.20 Å². The lowest BCUT2D eigenvalue weighted by Crippen LogP contribution is -2.30. The third-order valence-corrected chi connectivity index (χ3v) is 5.05. The predicted molar refractivity (Wildman–Crippen MR) is 108 cm³/mol. The molecule has 1 amide bonds. The summed E-state index contributed by atoms with van der Waals surface area (Å²) in [5.41, 5.74) is 5.29. The molecule has 0 N–H and O–H groups in total. The Kier molecular flexibility index (Phi) is 4.88. The second-order valence-corrected chi connectivity index (χ2v) is 6.77. The Morgan fingerprint density at radius 2 is 1.85 bits per heavy atom. The van der Waals surface area contributed by atoms with Crippen molar-refractivity contribution in [1.29, 1.82) is 0 Å². The molecule has 0 unspecified atom stereocenters. The lowest BCUT2D eigenvalue weighted by atomic mass is 10.1. The van der Waals surface area contributed by atoms with Crippen molar-refractivity contribution in [3.05, 3.63) is 89.7 Å². The minimum Gasteiger partial charge on any atom is -0.340 e. The molecular weight excluding hydrogens is 334 g/mol. The maximum Gasteiger partial charge on any atom is 0.255 e. The number of benzene rings is 2. The number of nitrogens with zero attached hydrogens (tertiary/aromatic N) is 3. The number of anilines is 2. The van der Waals surface area contributed by atoms with E-state index >= 15 is 0 Å². The van der Waals surface area contributed by atoms with Crippen LogP contribution in [0.15, 0.2) is 73.1 Å². The molecule has 1 aliphatic heterocycles. The summed E-state index contributed by atoms with van der Waals surface area (Å²) in [7, 11) is 0. The van der Waals surface area contributed by atoms with E-state index in [9.17, 15) is 4.79 Å². The number of para-hydroxylation sites is 1. The lowest BCUT2D eigenvalue weighted by molar-refractivity contribution is 0.0752. The van der Waals surface area contributed by atoms with Crippen LogP contribution in [-0.4, -0.2) is 28.9 Å². The van der Waals surface area contributed by atoms with Crippen molar-refractivity contribution in [3.63, 3.8) is 0 Å². The Bertz CT molecular complexity index is 939. The number of fused-ring (bicyclic) bond motifs is 1. The number of hydrogen-bond acceptors (Lipinski definition) is 3. The fourth-order valence-electron chi connectivity index (χ4n) is 3.61. The van der Waals surface area contributed by atoms with Crippen LogP contribution in [0.4, 0.5) is 11.4 Å². The molecule has 1 aliphatic rings. The molecule has 0 saturated heterocycles. The molecule has 1 aromatic heterocycles. The van der Waals surface area contributed by atoms with Crippen LogP contribution in [0.2, 0.25) is 0 Å². The van der Waals surface area contributed by atoms with Gasteiger partial charge in [-0.15, -0.1) is 0 Å². The second-order valence-electron chi connectivity index (χ2n) is 6.77. The zero-order valence-electron chi connectivity index (χ0n) is 15.5. The Morgan fingerprint density at radius 3 is 2.67 bits per heavy atom. The zero-order valence-corrected chi connectivity index (χ0v) is 15.5. The maximum absolute atomic E-state index is 13.1. The molecule has 27 heavy (non-hydrogen) atoms. The van der Waals surface area contributed by atoms with E-state index in [0.717, 1.165) is 24.2 Å². The number of carbonyl (C=O) groups excluding carboxylic acids is 1. The molecule has 3 aromatic rings. The van der Waals surface area contributed by atoms with Crippen molar-refractivity contribution in [2.75, 3.05) is 18.0 Å². The molecule has 4 rings (SSSR count). The monoisotopic (exact) mass is 357 g/mol. The fourth-order valence-corrected chi connectivity index (χ4v) is 3.61. The molecule has 0 atom stereocenters. The van der Waals surface area contributed by atoms with Crippen LogP contribution >= 0.6 is 0 Å². The summed E-state index contributed by atoms with van der Waals surface area (Å²) in [6, 6.07) is 20.5. The molecule has 0 aliphatic carbocycles. The number of rotatable bonds is 5. The molecule has 0 spiro atoms. The smallest absolute Gasteiger partial charge is 0.255 e. The Labute approximate surface area is 160 Å². The molecule has 0 fully saturated rings. The maximum atomic E-state index is 13.1. The summed E-state index contributed by atoms with van der Waals surface area (Å²) in [4.78, 5) is 21.5. The molecule has 2 aromatic carbocycles. The predicted octanol–water partition coefficient (Wildman–Crippen LogP) is 4.44. The van der Waals surface area contributed by atoms with Gasteiger partial charge in [0.15, 0.2) is 0 Å². The Morgan fingerprint density at radius 1 is 1.07 bits per heavy atom. The average Bonchev–Trinajstić information content (AvgIpc) is 3.16. The SMILES string of the molecule is CCN(Cc1ccccc1)C(=O)c1cncc(N2CCc3ccccc32)c1. The topological polar surface area (TPSA) is 36.4 Å². The fraction of sp³-hybridized carbons (Fsp3) is 0.217. The van der Waals surface area contributed by atoms with Crippen LogP contribution < -0.4 is 4.90 Å². The van der Waals surface area contributed by atoms with Crippen LogP contribution in [-0.2, 0) is 13.0 Å². The van der Waals surface area contributed by atoms with Gasteiger partial charge in [-0.2, -0.15) is 0 Å². The van der Waals surface area contributed by atoms with Crippen molar-refractivity contribution in [1.82, 2.24) is 9.88 Å². The highest BCUT2D eigenvalue weighted by Gasteiger charge is 2.22. The number of carbonyl (C=O) groups is 1. The summed E-state index contributed by atoms with van der Waals surface area (Å²) < 4.78 is 0. The zero-order chi connectivity index (χ0) is 18.6. The summed E-state index contributed by atoms with van der Waals surface area (Å²) in [6.07, 6.45) is 4.53. The molecule has 0 saturated carbocycles. The van der Waals surface area contributed by atoms with Gasteiger partial charge in [0.1, 0.15) is 0 Å². The van der Waals surface area contributed by atoms with Crippen LogP contribution in [0.1, 0.15) is 28.4 Å². The number of hydrogen-bond donors (Lipinski definition) is 0. The van der Waals surface area contributed by atoms with E-state index in [1.807, 2.05) is 54.4 Å². The number of aromatic nitrogens is 1. The van der Waals surface area contributed by atoms with Gasteiger partial charge < -0.3 is 9.80 Å². The van der Waals surface area contributed by atoms with Crippen molar-refractivity contribution in [2.45, 2.75) is 19.9 Å². The van der Waals surface area contributed by atoms with Gasteiger partial charge in [0.2, 0.25) is 0 Å².